The molecule has 5 heteroatoms. The number of hydrogen-bond donors (Lipinski definition) is 1. The predicted molar refractivity (Wildman–Crippen MR) is 53.7 cm³/mol. The lowest BCUT2D eigenvalue weighted by Crippen LogP contribution is -2.28. The van der Waals surface area contributed by atoms with Crippen molar-refractivity contribution in [1.29, 1.82) is 0 Å². The molecule has 0 aliphatic heterocycles. The highest BCUT2D eigenvalue weighted by atomic mass is 32.1. The minimum absolute atomic E-state index is 0.00435. The van der Waals surface area contributed by atoms with E-state index in [0.717, 1.165) is 12.8 Å². The summed E-state index contributed by atoms with van der Waals surface area (Å²) in [4.78, 5) is 11.9. The topological polar surface area (TPSA) is 52.9 Å². The molecule has 0 atom stereocenters. The van der Waals surface area contributed by atoms with E-state index in [1.54, 1.807) is 21.5 Å². The summed E-state index contributed by atoms with van der Waals surface area (Å²) >= 11 is 4.74. The Morgan fingerprint density at radius 2 is 2.31 bits per heavy atom. The summed E-state index contributed by atoms with van der Waals surface area (Å²) in [6.45, 7) is 0.341. The highest BCUT2D eigenvalue weighted by molar-refractivity contribution is 7.80. The van der Waals surface area contributed by atoms with Gasteiger partial charge in [0.2, 0.25) is 0 Å². The molecule has 0 bridgehead atoms. The Balaban J connectivity index is 2.27. The molecule has 70 valence electrons. The summed E-state index contributed by atoms with van der Waals surface area (Å²) in [7, 11) is 0. The Bertz CT molecular complexity index is 388. The highest BCUT2D eigenvalue weighted by Crippen LogP contribution is 2.33. The van der Waals surface area contributed by atoms with Crippen LogP contribution >= 0.6 is 12.2 Å². The molecular formula is C8H11N3OS. The maximum atomic E-state index is 11.6. The molecule has 1 aromatic rings. The third-order valence-corrected chi connectivity index (χ3v) is 2.27. The number of thiocarbonyl (C=S) groups is 1. The second-order valence-corrected chi connectivity index (χ2v) is 3.84. The van der Waals surface area contributed by atoms with Gasteiger partial charge < -0.3 is 5.73 Å². The van der Waals surface area contributed by atoms with Crippen LogP contribution in [0.1, 0.15) is 18.9 Å². The number of imidazole rings is 1. The number of nitrogens with zero attached hydrogens (tertiary/aromatic N) is 2. The average Bonchev–Trinajstić information content (AvgIpc) is 2.81. The quantitative estimate of drug-likeness (QED) is 0.708. The van der Waals surface area contributed by atoms with Crippen LogP contribution in [-0.4, -0.2) is 14.1 Å². The number of aromatic nitrogens is 2. The van der Waals surface area contributed by atoms with Gasteiger partial charge in [-0.25, -0.2) is 4.79 Å². The fourth-order valence-electron chi connectivity index (χ4n) is 1.35. The second kappa shape index (κ2) is 2.99. The maximum Gasteiger partial charge on any atom is 0.328 e. The van der Waals surface area contributed by atoms with Crippen molar-refractivity contribution in [3.05, 3.63) is 22.9 Å². The molecule has 1 aliphatic carbocycles. The molecule has 0 aromatic carbocycles. The van der Waals surface area contributed by atoms with Crippen molar-refractivity contribution in [3.8, 4) is 0 Å². The lowest BCUT2D eigenvalue weighted by molar-refractivity contribution is 0.668. The van der Waals surface area contributed by atoms with Crippen molar-refractivity contribution >= 4 is 17.2 Å². The van der Waals surface area contributed by atoms with Gasteiger partial charge in [-0.05, 0) is 12.8 Å². The first-order valence-corrected chi connectivity index (χ1v) is 4.65. The first-order chi connectivity index (χ1) is 6.18. The van der Waals surface area contributed by atoms with E-state index in [-0.39, 0.29) is 5.69 Å². The molecular weight excluding hydrogens is 186 g/mol. The third-order valence-electron chi connectivity index (χ3n) is 2.14. The van der Waals surface area contributed by atoms with Crippen molar-refractivity contribution in [1.82, 2.24) is 9.13 Å². The first-order valence-electron chi connectivity index (χ1n) is 4.24. The fraction of sp³-hybridized carbons (Fsp3) is 0.500. The molecule has 1 aromatic heterocycles. The predicted octanol–water partition coefficient (Wildman–Crippen LogP) is 0.271. The first kappa shape index (κ1) is 8.50. The number of hydrogen-bond acceptors (Lipinski definition) is 2. The number of nitrogens with two attached hydrogens (primary N) is 1. The molecule has 0 unspecified atom stereocenters. The van der Waals surface area contributed by atoms with Gasteiger partial charge in [0.1, 0.15) is 0 Å². The van der Waals surface area contributed by atoms with Gasteiger partial charge >= 0.3 is 5.69 Å². The standard InChI is InChI=1S/C8H11N3OS/c9-7(13)5-10-3-4-11(8(10)12)6-1-2-6/h3-4,6H,1-2,5H2,(H2,9,13). The Morgan fingerprint density at radius 1 is 1.62 bits per heavy atom. The van der Waals surface area contributed by atoms with Crippen molar-refractivity contribution in [2.45, 2.75) is 25.4 Å². The van der Waals surface area contributed by atoms with E-state index in [1.165, 1.54) is 0 Å². The molecule has 0 saturated heterocycles. The normalized spacial score (nSPS) is 16.0. The Labute approximate surface area is 81.0 Å². The van der Waals surface area contributed by atoms with Gasteiger partial charge in [0.15, 0.2) is 0 Å². The summed E-state index contributed by atoms with van der Waals surface area (Å²) in [5.41, 5.74) is 5.35. The van der Waals surface area contributed by atoms with Crippen LogP contribution in [0.5, 0.6) is 0 Å². The summed E-state index contributed by atoms with van der Waals surface area (Å²) in [5.74, 6) is 0. The van der Waals surface area contributed by atoms with Gasteiger partial charge in [0.25, 0.3) is 0 Å². The van der Waals surface area contributed by atoms with E-state index < -0.39 is 0 Å². The number of rotatable bonds is 3. The van der Waals surface area contributed by atoms with Crippen molar-refractivity contribution in [2.24, 2.45) is 5.73 Å². The molecule has 1 saturated carbocycles. The molecule has 0 radical (unpaired) electrons. The van der Waals surface area contributed by atoms with Crippen LogP contribution in [0.3, 0.4) is 0 Å². The summed E-state index contributed by atoms with van der Waals surface area (Å²) in [5, 5.41) is 0. The highest BCUT2D eigenvalue weighted by Gasteiger charge is 2.25. The van der Waals surface area contributed by atoms with Crippen LogP contribution in [0.4, 0.5) is 0 Å². The maximum absolute atomic E-state index is 11.6. The van der Waals surface area contributed by atoms with E-state index in [0.29, 0.717) is 17.6 Å². The van der Waals surface area contributed by atoms with Crippen molar-refractivity contribution in [2.75, 3.05) is 0 Å². The largest absolute Gasteiger partial charge is 0.392 e. The summed E-state index contributed by atoms with van der Waals surface area (Å²) in [6, 6.07) is 0.417. The van der Waals surface area contributed by atoms with Crippen molar-refractivity contribution < 1.29 is 0 Å². The molecule has 4 nitrogen and oxygen atoms in total. The summed E-state index contributed by atoms with van der Waals surface area (Å²) < 4.78 is 3.29. The molecule has 1 aliphatic rings. The lowest BCUT2D eigenvalue weighted by Gasteiger charge is -1.98. The van der Waals surface area contributed by atoms with Crippen LogP contribution in [0.2, 0.25) is 0 Å². The molecule has 13 heavy (non-hydrogen) atoms. The third kappa shape index (κ3) is 1.65. The zero-order valence-electron chi connectivity index (χ0n) is 7.14. The van der Waals surface area contributed by atoms with E-state index in [4.69, 9.17) is 18.0 Å². The minimum Gasteiger partial charge on any atom is -0.392 e. The van der Waals surface area contributed by atoms with Gasteiger partial charge in [-0.3, -0.25) is 9.13 Å². The molecule has 0 amide bonds. The molecule has 1 fully saturated rings. The molecule has 2 rings (SSSR count). The smallest absolute Gasteiger partial charge is 0.328 e. The van der Waals surface area contributed by atoms with Crippen LogP contribution in [0, 0.1) is 0 Å². The van der Waals surface area contributed by atoms with Gasteiger partial charge in [0, 0.05) is 18.4 Å². The van der Waals surface area contributed by atoms with Crippen LogP contribution in [-0.2, 0) is 6.54 Å². The molecule has 1 heterocycles. The van der Waals surface area contributed by atoms with Gasteiger partial charge in [-0.2, -0.15) is 0 Å². The molecule has 2 N–H and O–H groups in total. The average molecular weight is 197 g/mol. The van der Waals surface area contributed by atoms with Crippen LogP contribution in [0.15, 0.2) is 17.2 Å². The molecule has 0 spiro atoms. The van der Waals surface area contributed by atoms with Gasteiger partial charge in [0.05, 0.1) is 11.5 Å². The van der Waals surface area contributed by atoms with E-state index in [9.17, 15) is 4.79 Å². The SMILES string of the molecule is NC(=S)Cn1ccn(C2CC2)c1=O. The van der Waals surface area contributed by atoms with Gasteiger partial charge in [-0.1, -0.05) is 12.2 Å². The second-order valence-electron chi connectivity index (χ2n) is 3.31. The van der Waals surface area contributed by atoms with E-state index >= 15 is 0 Å². The van der Waals surface area contributed by atoms with E-state index in [1.807, 2.05) is 0 Å². The van der Waals surface area contributed by atoms with Crippen LogP contribution < -0.4 is 11.4 Å². The Hall–Kier alpha value is -1.10. The summed E-state index contributed by atoms with van der Waals surface area (Å²) in [6.07, 6.45) is 5.76. The fourth-order valence-corrected chi connectivity index (χ4v) is 1.49. The lowest BCUT2D eigenvalue weighted by atomic mass is 10.6. The zero-order chi connectivity index (χ0) is 9.42. The van der Waals surface area contributed by atoms with E-state index in [2.05, 4.69) is 0 Å². The van der Waals surface area contributed by atoms with Crippen LogP contribution in [0.25, 0.3) is 0 Å². The van der Waals surface area contributed by atoms with Gasteiger partial charge in [-0.15, -0.1) is 0 Å². The van der Waals surface area contributed by atoms with Crippen molar-refractivity contribution in [3.63, 3.8) is 0 Å². The Kier molecular flexibility index (Phi) is 1.95. The zero-order valence-corrected chi connectivity index (χ0v) is 7.96. The monoisotopic (exact) mass is 197 g/mol. The minimum atomic E-state index is -0.00435. The Morgan fingerprint density at radius 3 is 2.85 bits per heavy atom.